The standard InChI is InChI=1S/C17H34N4O3S.HI/c1-6-18-16(20-14-11-15(24-4)17(14,2)3)19-12-13-7-9-21(10-8-13)25(5,22)23;/h13-15H,6-12H2,1-5H3,(H2,18,19,20);1H. The van der Waals surface area contributed by atoms with Gasteiger partial charge >= 0.3 is 0 Å². The van der Waals surface area contributed by atoms with E-state index >= 15 is 0 Å². The molecule has 0 aromatic heterocycles. The molecule has 2 fully saturated rings. The fourth-order valence-electron chi connectivity index (χ4n) is 3.66. The van der Waals surface area contributed by atoms with Crippen LogP contribution in [0, 0.1) is 11.3 Å². The Bertz CT molecular complexity index is 575. The van der Waals surface area contributed by atoms with Gasteiger partial charge in [-0.1, -0.05) is 13.8 Å². The molecule has 0 radical (unpaired) electrons. The summed E-state index contributed by atoms with van der Waals surface area (Å²) in [6.45, 7) is 9.25. The van der Waals surface area contributed by atoms with Crippen LogP contribution >= 0.6 is 24.0 Å². The van der Waals surface area contributed by atoms with Gasteiger partial charge in [-0.15, -0.1) is 24.0 Å². The average molecular weight is 502 g/mol. The molecule has 1 aliphatic heterocycles. The third-order valence-corrected chi connectivity index (χ3v) is 6.97. The Kier molecular flexibility index (Phi) is 9.09. The lowest BCUT2D eigenvalue weighted by molar-refractivity contribution is -0.0922. The molecule has 2 N–H and O–H groups in total. The molecular formula is C17H35IN4O3S. The first kappa shape index (κ1) is 23.9. The van der Waals surface area contributed by atoms with Crippen molar-refractivity contribution in [3.63, 3.8) is 0 Å². The van der Waals surface area contributed by atoms with E-state index in [1.165, 1.54) is 6.26 Å². The second-order valence-electron chi connectivity index (χ2n) is 7.80. The first-order valence-corrected chi connectivity index (χ1v) is 11.1. The van der Waals surface area contributed by atoms with Crippen LogP contribution in [0.5, 0.6) is 0 Å². The maximum Gasteiger partial charge on any atom is 0.211 e. The minimum Gasteiger partial charge on any atom is -0.381 e. The number of guanidine groups is 1. The number of nitrogens with zero attached hydrogens (tertiary/aromatic N) is 2. The second kappa shape index (κ2) is 9.88. The molecule has 9 heteroatoms. The van der Waals surface area contributed by atoms with Gasteiger partial charge in [0.2, 0.25) is 10.0 Å². The van der Waals surface area contributed by atoms with Gasteiger partial charge < -0.3 is 15.4 Å². The number of sulfonamides is 1. The average Bonchev–Trinajstić information content (AvgIpc) is 2.55. The molecule has 7 nitrogen and oxygen atoms in total. The van der Waals surface area contributed by atoms with E-state index in [4.69, 9.17) is 9.73 Å². The van der Waals surface area contributed by atoms with Gasteiger partial charge in [-0.25, -0.2) is 12.7 Å². The van der Waals surface area contributed by atoms with Crippen LogP contribution in [0.4, 0.5) is 0 Å². The highest BCUT2D eigenvalue weighted by Crippen LogP contribution is 2.42. The Morgan fingerprint density at radius 1 is 1.31 bits per heavy atom. The maximum absolute atomic E-state index is 11.6. The van der Waals surface area contributed by atoms with Crippen LogP contribution in [0.3, 0.4) is 0 Å². The number of hydrogen-bond donors (Lipinski definition) is 2. The molecule has 0 bridgehead atoms. The van der Waals surface area contributed by atoms with E-state index in [1.54, 1.807) is 11.4 Å². The van der Waals surface area contributed by atoms with Gasteiger partial charge in [0.1, 0.15) is 0 Å². The van der Waals surface area contributed by atoms with Crippen LogP contribution in [-0.4, -0.2) is 70.4 Å². The molecule has 0 aromatic carbocycles. The number of nitrogens with one attached hydrogen (secondary N) is 2. The number of rotatable bonds is 6. The molecule has 154 valence electrons. The highest BCUT2D eigenvalue weighted by molar-refractivity contribution is 14.0. The number of halogens is 1. The lowest BCUT2D eigenvalue weighted by atomic mass is 9.64. The number of aliphatic imine (C=N–C) groups is 1. The van der Waals surface area contributed by atoms with Gasteiger partial charge in [0.05, 0.1) is 12.4 Å². The van der Waals surface area contributed by atoms with Crippen molar-refractivity contribution >= 4 is 40.0 Å². The number of ether oxygens (including phenoxy) is 1. The minimum atomic E-state index is -3.06. The van der Waals surface area contributed by atoms with Crippen LogP contribution in [-0.2, 0) is 14.8 Å². The van der Waals surface area contributed by atoms with Crippen LogP contribution in [0.25, 0.3) is 0 Å². The molecule has 0 amide bonds. The summed E-state index contributed by atoms with van der Waals surface area (Å²) in [5.41, 5.74) is 0.0891. The summed E-state index contributed by atoms with van der Waals surface area (Å²) in [5.74, 6) is 1.29. The van der Waals surface area contributed by atoms with E-state index in [1.807, 2.05) is 0 Å². The molecule has 2 atom stereocenters. The van der Waals surface area contributed by atoms with Crippen molar-refractivity contribution in [3.8, 4) is 0 Å². The first-order valence-electron chi connectivity index (χ1n) is 9.21. The second-order valence-corrected chi connectivity index (χ2v) is 9.79. The van der Waals surface area contributed by atoms with Crippen molar-refractivity contribution < 1.29 is 13.2 Å². The Balaban J connectivity index is 0.00000338. The highest BCUT2D eigenvalue weighted by Gasteiger charge is 2.48. The van der Waals surface area contributed by atoms with E-state index in [9.17, 15) is 8.42 Å². The van der Waals surface area contributed by atoms with Crippen molar-refractivity contribution in [2.24, 2.45) is 16.3 Å². The quantitative estimate of drug-likeness (QED) is 0.328. The maximum atomic E-state index is 11.6. The van der Waals surface area contributed by atoms with Crippen molar-refractivity contribution in [2.75, 3.05) is 39.5 Å². The lowest BCUT2D eigenvalue weighted by Crippen LogP contribution is -2.63. The SMILES string of the molecule is CCNC(=NCC1CCN(S(C)(=O)=O)CC1)NC1CC(OC)C1(C)C.I. The number of piperidine rings is 1. The summed E-state index contributed by atoms with van der Waals surface area (Å²) in [6.07, 6.45) is 4.30. The largest absolute Gasteiger partial charge is 0.381 e. The third kappa shape index (κ3) is 5.93. The summed E-state index contributed by atoms with van der Waals surface area (Å²) >= 11 is 0. The van der Waals surface area contributed by atoms with Crippen LogP contribution in [0.15, 0.2) is 4.99 Å². The predicted molar refractivity (Wildman–Crippen MR) is 117 cm³/mol. The van der Waals surface area contributed by atoms with Crippen molar-refractivity contribution in [1.29, 1.82) is 0 Å². The summed E-state index contributed by atoms with van der Waals surface area (Å²) in [7, 11) is -1.29. The van der Waals surface area contributed by atoms with Crippen molar-refractivity contribution in [2.45, 2.75) is 52.2 Å². The summed E-state index contributed by atoms with van der Waals surface area (Å²) in [6, 6.07) is 0.349. The van der Waals surface area contributed by atoms with E-state index in [0.29, 0.717) is 25.0 Å². The molecular weight excluding hydrogens is 467 g/mol. The zero-order valence-corrected chi connectivity index (χ0v) is 19.8. The number of methoxy groups -OCH3 is 1. The van der Waals surface area contributed by atoms with Gasteiger partial charge in [0.25, 0.3) is 0 Å². The molecule has 1 saturated carbocycles. The topological polar surface area (TPSA) is 83.0 Å². The molecule has 1 saturated heterocycles. The molecule has 2 unspecified atom stereocenters. The van der Waals surface area contributed by atoms with E-state index in [2.05, 4.69) is 31.4 Å². The first-order chi connectivity index (χ1) is 11.7. The molecule has 2 rings (SSSR count). The van der Waals surface area contributed by atoms with Gasteiger partial charge in [-0.3, -0.25) is 4.99 Å². The third-order valence-electron chi connectivity index (χ3n) is 5.67. The van der Waals surface area contributed by atoms with Crippen LogP contribution in [0.1, 0.15) is 40.0 Å². The minimum absolute atomic E-state index is 0. The zero-order chi connectivity index (χ0) is 18.7. The summed E-state index contributed by atoms with van der Waals surface area (Å²) in [5, 5.41) is 6.85. The summed E-state index contributed by atoms with van der Waals surface area (Å²) < 4.78 is 30.3. The highest BCUT2D eigenvalue weighted by atomic mass is 127. The van der Waals surface area contributed by atoms with Gasteiger partial charge in [-0.2, -0.15) is 0 Å². The fraction of sp³-hybridized carbons (Fsp3) is 0.941. The van der Waals surface area contributed by atoms with Gasteiger partial charge in [-0.05, 0) is 32.1 Å². The Morgan fingerprint density at radius 2 is 1.92 bits per heavy atom. The fourth-order valence-corrected chi connectivity index (χ4v) is 4.53. The molecule has 2 aliphatic rings. The van der Waals surface area contributed by atoms with Crippen LogP contribution < -0.4 is 10.6 Å². The molecule has 26 heavy (non-hydrogen) atoms. The Labute approximate surface area is 175 Å². The summed E-state index contributed by atoms with van der Waals surface area (Å²) in [4.78, 5) is 4.75. The van der Waals surface area contributed by atoms with E-state index in [0.717, 1.165) is 38.3 Å². The molecule has 0 aromatic rings. The van der Waals surface area contributed by atoms with Crippen molar-refractivity contribution in [1.82, 2.24) is 14.9 Å². The monoisotopic (exact) mass is 502 g/mol. The molecule has 1 aliphatic carbocycles. The van der Waals surface area contributed by atoms with Crippen molar-refractivity contribution in [3.05, 3.63) is 0 Å². The molecule has 1 heterocycles. The predicted octanol–water partition coefficient (Wildman–Crippen LogP) is 1.64. The molecule has 0 spiro atoms. The normalized spacial score (nSPS) is 27.3. The Morgan fingerprint density at radius 3 is 2.38 bits per heavy atom. The smallest absolute Gasteiger partial charge is 0.211 e. The number of hydrogen-bond acceptors (Lipinski definition) is 4. The zero-order valence-electron chi connectivity index (χ0n) is 16.6. The van der Waals surface area contributed by atoms with Gasteiger partial charge in [0, 0.05) is 44.7 Å². The van der Waals surface area contributed by atoms with Gasteiger partial charge in [0.15, 0.2) is 5.96 Å². The van der Waals surface area contributed by atoms with Crippen LogP contribution in [0.2, 0.25) is 0 Å². The Hall–Kier alpha value is -0.130. The van der Waals surface area contributed by atoms with E-state index in [-0.39, 0.29) is 35.5 Å². The lowest BCUT2D eigenvalue weighted by Gasteiger charge is -2.51. The van der Waals surface area contributed by atoms with E-state index < -0.39 is 10.0 Å².